The Hall–Kier alpha value is -4.03. The first-order valence-corrected chi connectivity index (χ1v) is 13.8. The van der Waals surface area contributed by atoms with E-state index in [0.717, 1.165) is 5.56 Å². The van der Waals surface area contributed by atoms with E-state index >= 15 is 0 Å². The fraction of sp³-hybridized carbons (Fsp3) is 0.364. The van der Waals surface area contributed by atoms with Crippen LogP contribution in [0.1, 0.15) is 35.6 Å². The Kier molecular flexibility index (Phi) is 6.69. The van der Waals surface area contributed by atoms with E-state index in [1.807, 2.05) is 49.7 Å². The lowest BCUT2D eigenvalue weighted by Gasteiger charge is -2.48. The van der Waals surface area contributed by atoms with Crippen LogP contribution in [0.2, 0.25) is 0 Å². The fourth-order valence-electron chi connectivity index (χ4n) is 7.54. The minimum absolute atomic E-state index is 0.354. The molecule has 0 bridgehead atoms. The molecular formula is C33H34N4O4. The number of aromatic nitrogens is 2. The second-order valence-electron chi connectivity index (χ2n) is 11.6. The number of benzene rings is 1. The third-order valence-electron chi connectivity index (χ3n) is 9.15. The zero-order valence-corrected chi connectivity index (χ0v) is 23.4. The SMILES string of the molecule is COc1cncc2c1[C@]1(O)[C@H](O)[C@H](CN(C)Cc3cccnc3)[C@@H](C3(C)C=CC=CC3)[C@]1(c1ccc(C#N)cc1)O2. The molecule has 1 unspecified atom stereocenters. The quantitative estimate of drug-likeness (QED) is 0.453. The minimum atomic E-state index is -1.87. The van der Waals surface area contributed by atoms with Crippen LogP contribution in [0.15, 0.2) is 85.5 Å². The maximum absolute atomic E-state index is 13.1. The highest BCUT2D eigenvalue weighted by Gasteiger charge is 2.78. The summed E-state index contributed by atoms with van der Waals surface area (Å²) in [6.45, 7) is 3.28. The van der Waals surface area contributed by atoms with E-state index in [2.05, 4.69) is 40.0 Å². The summed E-state index contributed by atoms with van der Waals surface area (Å²) in [6, 6.07) is 13.3. The Morgan fingerprint density at radius 2 is 1.95 bits per heavy atom. The average Bonchev–Trinajstić information content (AvgIpc) is 3.36. The highest BCUT2D eigenvalue weighted by atomic mass is 16.5. The van der Waals surface area contributed by atoms with Crippen LogP contribution in [0.4, 0.5) is 0 Å². The van der Waals surface area contributed by atoms with Crippen molar-refractivity contribution < 1.29 is 19.7 Å². The fourth-order valence-corrected chi connectivity index (χ4v) is 7.54. The van der Waals surface area contributed by atoms with Gasteiger partial charge in [-0.15, -0.1) is 0 Å². The van der Waals surface area contributed by atoms with E-state index in [0.29, 0.717) is 47.7 Å². The van der Waals surface area contributed by atoms with Gasteiger partial charge in [-0.2, -0.15) is 5.26 Å². The van der Waals surface area contributed by atoms with Gasteiger partial charge < -0.3 is 24.6 Å². The highest BCUT2D eigenvalue weighted by molar-refractivity contribution is 5.58. The second kappa shape index (κ2) is 10.1. The predicted octanol–water partition coefficient (Wildman–Crippen LogP) is 4.09. The van der Waals surface area contributed by atoms with Crippen LogP contribution in [-0.2, 0) is 17.7 Å². The van der Waals surface area contributed by atoms with Crippen LogP contribution in [-0.4, -0.2) is 51.9 Å². The Morgan fingerprint density at radius 1 is 1.15 bits per heavy atom. The smallest absolute Gasteiger partial charge is 0.174 e. The monoisotopic (exact) mass is 550 g/mol. The van der Waals surface area contributed by atoms with Crippen molar-refractivity contribution in [3.63, 3.8) is 0 Å². The van der Waals surface area contributed by atoms with Gasteiger partial charge in [0.05, 0.1) is 42.8 Å². The molecule has 0 spiro atoms. The molecule has 2 N–H and O–H groups in total. The highest BCUT2D eigenvalue weighted by Crippen LogP contribution is 2.71. The number of aliphatic hydroxyl groups is 2. The van der Waals surface area contributed by atoms with E-state index in [4.69, 9.17) is 9.47 Å². The van der Waals surface area contributed by atoms with Crippen LogP contribution in [0.25, 0.3) is 0 Å². The lowest BCUT2D eigenvalue weighted by molar-refractivity contribution is -0.165. The second-order valence-corrected chi connectivity index (χ2v) is 11.6. The number of hydrogen-bond donors (Lipinski definition) is 2. The van der Waals surface area contributed by atoms with E-state index < -0.39 is 34.6 Å². The molecule has 8 heteroatoms. The predicted molar refractivity (Wildman–Crippen MR) is 153 cm³/mol. The number of aliphatic hydroxyl groups excluding tert-OH is 1. The number of nitriles is 1. The molecule has 3 heterocycles. The first-order valence-electron chi connectivity index (χ1n) is 13.8. The van der Waals surface area contributed by atoms with Gasteiger partial charge in [0.2, 0.25) is 0 Å². The van der Waals surface area contributed by atoms with Crippen LogP contribution < -0.4 is 9.47 Å². The summed E-state index contributed by atoms with van der Waals surface area (Å²) >= 11 is 0. The molecule has 0 radical (unpaired) electrons. The Bertz CT molecular complexity index is 1540. The number of hydrogen-bond acceptors (Lipinski definition) is 8. The molecule has 1 fully saturated rings. The lowest BCUT2D eigenvalue weighted by atomic mass is 9.60. The maximum atomic E-state index is 13.1. The summed E-state index contributed by atoms with van der Waals surface area (Å²) < 4.78 is 12.6. The standard InChI is InChI=1S/C33H34N4O4/c1-31(13-5-4-6-14-31)29-25(21-37(2)20-23-8-7-15-35-17-23)30(38)32(39)28-26(40-3)18-36-19-27(28)41-33(29,32)24-11-9-22(16-34)10-12-24/h4-13,15,17-19,25,29-30,38-39H,14,20-21H2,1-3H3/t25-,29+,30-,31?,32+,33+/m1/s1. The number of rotatable bonds is 7. The van der Waals surface area contributed by atoms with Crippen molar-refractivity contribution in [1.82, 2.24) is 14.9 Å². The van der Waals surface area contributed by atoms with Gasteiger partial charge >= 0.3 is 0 Å². The summed E-state index contributed by atoms with van der Waals surface area (Å²) in [6.07, 6.45) is 14.5. The molecule has 210 valence electrons. The molecule has 1 saturated carbocycles. The third-order valence-corrected chi connectivity index (χ3v) is 9.15. The zero-order chi connectivity index (χ0) is 28.8. The average molecular weight is 551 g/mol. The number of fused-ring (bicyclic) bond motifs is 3. The summed E-state index contributed by atoms with van der Waals surface area (Å²) in [7, 11) is 3.54. The zero-order valence-electron chi connectivity index (χ0n) is 23.4. The molecular weight excluding hydrogens is 516 g/mol. The van der Waals surface area contributed by atoms with Crippen LogP contribution in [0, 0.1) is 28.6 Å². The van der Waals surface area contributed by atoms with Gasteiger partial charge in [-0.25, -0.2) is 0 Å². The van der Waals surface area contributed by atoms with Gasteiger partial charge in [0, 0.05) is 37.3 Å². The number of methoxy groups -OCH3 is 1. The van der Waals surface area contributed by atoms with Crippen molar-refractivity contribution in [3.05, 3.63) is 108 Å². The third kappa shape index (κ3) is 3.99. The van der Waals surface area contributed by atoms with E-state index in [1.54, 1.807) is 30.7 Å². The van der Waals surface area contributed by atoms with Gasteiger partial charge in [0.15, 0.2) is 11.2 Å². The molecule has 0 amide bonds. The van der Waals surface area contributed by atoms with Gasteiger partial charge in [0.25, 0.3) is 0 Å². The van der Waals surface area contributed by atoms with Crippen LogP contribution >= 0.6 is 0 Å². The number of ether oxygens (including phenoxy) is 2. The molecule has 0 saturated heterocycles. The molecule has 8 nitrogen and oxygen atoms in total. The molecule has 6 rings (SSSR count). The Morgan fingerprint density at radius 3 is 2.61 bits per heavy atom. The van der Waals surface area contributed by atoms with Crippen LogP contribution in [0.3, 0.4) is 0 Å². The van der Waals surface area contributed by atoms with E-state index in [1.165, 1.54) is 7.11 Å². The Labute approximate surface area is 240 Å². The van der Waals surface area contributed by atoms with Crippen molar-refractivity contribution in [1.29, 1.82) is 5.26 Å². The minimum Gasteiger partial charge on any atom is -0.495 e. The lowest BCUT2D eigenvalue weighted by Crippen LogP contribution is -2.55. The summed E-state index contributed by atoms with van der Waals surface area (Å²) in [5.74, 6) is -0.0737. The molecule has 6 atom stereocenters. The number of pyridine rings is 2. The van der Waals surface area contributed by atoms with Crippen molar-refractivity contribution in [2.24, 2.45) is 17.3 Å². The summed E-state index contributed by atoms with van der Waals surface area (Å²) in [5.41, 5.74) is -1.12. The molecule has 1 aromatic carbocycles. The molecule has 2 aliphatic carbocycles. The number of nitrogens with zero attached hydrogens (tertiary/aromatic N) is 4. The topological polar surface area (TPSA) is 112 Å². The van der Waals surface area contributed by atoms with Gasteiger partial charge in [-0.3, -0.25) is 9.97 Å². The largest absolute Gasteiger partial charge is 0.495 e. The summed E-state index contributed by atoms with van der Waals surface area (Å²) in [5, 5.41) is 35.0. The Balaban J connectivity index is 1.56. The van der Waals surface area contributed by atoms with Crippen LogP contribution in [0.5, 0.6) is 11.5 Å². The number of allylic oxidation sites excluding steroid dienone is 4. The normalized spacial score (nSPS) is 31.4. The van der Waals surface area contributed by atoms with Crippen molar-refractivity contribution in [3.8, 4) is 17.6 Å². The molecule has 3 aliphatic rings. The molecule has 3 aromatic rings. The van der Waals surface area contributed by atoms with E-state index in [9.17, 15) is 15.5 Å². The van der Waals surface area contributed by atoms with Gasteiger partial charge in [-0.05, 0) is 48.2 Å². The van der Waals surface area contributed by atoms with Crippen molar-refractivity contribution in [2.75, 3.05) is 20.7 Å². The summed E-state index contributed by atoms with van der Waals surface area (Å²) in [4.78, 5) is 10.7. The van der Waals surface area contributed by atoms with Crippen molar-refractivity contribution >= 4 is 0 Å². The van der Waals surface area contributed by atoms with Gasteiger partial charge in [-0.1, -0.05) is 49.4 Å². The maximum Gasteiger partial charge on any atom is 0.174 e. The first-order chi connectivity index (χ1) is 19.8. The van der Waals surface area contributed by atoms with Gasteiger partial charge in [0.1, 0.15) is 11.5 Å². The molecule has 41 heavy (non-hydrogen) atoms. The first kappa shape index (κ1) is 27.2. The van der Waals surface area contributed by atoms with E-state index in [-0.39, 0.29) is 0 Å². The van der Waals surface area contributed by atoms with Crippen molar-refractivity contribution in [2.45, 2.75) is 37.2 Å². The molecule has 2 aromatic heterocycles. The molecule has 1 aliphatic heterocycles.